The van der Waals surface area contributed by atoms with Gasteiger partial charge in [0.05, 0.1) is 6.54 Å². The maximum Gasteiger partial charge on any atom is 0.224 e. The summed E-state index contributed by atoms with van der Waals surface area (Å²) < 4.78 is 0. The third-order valence-electron chi connectivity index (χ3n) is 5.21. The van der Waals surface area contributed by atoms with Crippen LogP contribution < -0.4 is 5.73 Å². The van der Waals surface area contributed by atoms with E-state index in [1.54, 1.807) is 26.1 Å². The van der Waals surface area contributed by atoms with Crippen molar-refractivity contribution < 1.29 is 14.7 Å². The predicted molar refractivity (Wildman–Crippen MR) is 128 cm³/mol. The van der Waals surface area contributed by atoms with E-state index in [-0.39, 0.29) is 24.7 Å². The Morgan fingerprint density at radius 2 is 1.94 bits per heavy atom. The summed E-state index contributed by atoms with van der Waals surface area (Å²) >= 11 is 1.03. The summed E-state index contributed by atoms with van der Waals surface area (Å²) in [6.07, 6.45) is 2.51. The summed E-state index contributed by atoms with van der Waals surface area (Å²) in [4.78, 5) is 35.5. The average Bonchev–Trinajstić information content (AvgIpc) is 2.77. The van der Waals surface area contributed by atoms with Crippen LogP contribution in [0.25, 0.3) is 10.8 Å². The van der Waals surface area contributed by atoms with Crippen molar-refractivity contribution in [2.24, 2.45) is 0 Å². The monoisotopic (exact) mass is 450 g/mol. The van der Waals surface area contributed by atoms with Gasteiger partial charge in [0.1, 0.15) is 11.6 Å². The van der Waals surface area contributed by atoms with Crippen molar-refractivity contribution in [1.29, 1.82) is 0 Å². The lowest BCUT2D eigenvalue weighted by Crippen LogP contribution is -2.22. The second-order valence-electron chi connectivity index (χ2n) is 7.41. The fourth-order valence-electron chi connectivity index (χ4n) is 3.49. The number of hydrogen-bond donors (Lipinski definition) is 2. The highest BCUT2D eigenvalue weighted by Crippen LogP contribution is 2.32. The molecule has 7 nitrogen and oxygen atoms in total. The second-order valence-corrected chi connectivity index (χ2v) is 8.48. The molecule has 1 amide bonds. The molecule has 1 aromatic heterocycles. The van der Waals surface area contributed by atoms with Crippen LogP contribution in [-0.4, -0.2) is 38.1 Å². The van der Waals surface area contributed by atoms with Crippen molar-refractivity contribution in [1.82, 2.24) is 14.9 Å². The molecule has 166 valence electrons. The van der Waals surface area contributed by atoms with Crippen LogP contribution in [0, 0.1) is 13.8 Å². The van der Waals surface area contributed by atoms with Gasteiger partial charge in [0.25, 0.3) is 0 Å². The lowest BCUT2D eigenvalue weighted by Gasteiger charge is -2.22. The van der Waals surface area contributed by atoms with Crippen molar-refractivity contribution in [2.45, 2.75) is 33.7 Å². The minimum Gasteiger partial charge on any atom is -0.396 e. The van der Waals surface area contributed by atoms with E-state index in [0.717, 1.165) is 28.1 Å². The largest absolute Gasteiger partial charge is 0.396 e. The number of aryl methyl sites for hydroxylation is 2. The predicted octanol–water partition coefficient (Wildman–Crippen LogP) is 3.97. The summed E-state index contributed by atoms with van der Waals surface area (Å²) in [5.41, 5.74) is 8.76. The van der Waals surface area contributed by atoms with Crippen LogP contribution >= 0.6 is 11.8 Å². The number of fused-ring (bicyclic) bond motifs is 1. The number of nitrogen functional groups attached to an aromatic ring is 1. The van der Waals surface area contributed by atoms with Crippen LogP contribution in [0.3, 0.4) is 0 Å². The first-order valence-electron chi connectivity index (χ1n) is 10.2. The van der Waals surface area contributed by atoms with Crippen LogP contribution in [0.5, 0.6) is 0 Å². The van der Waals surface area contributed by atoms with Crippen molar-refractivity contribution in [2.75, 3.05) is 12.3 Å². The van der Waals surface area contributed by atoms with Crippen LogP contribution in [0.2, 0.25) is 0 Å². The molecule has 3 N–H and O–H groups in total. The molecule has 3 rings (SSSR count). The van der Waals surface area contributed by atoms with Gasteiger partial charge >= 0.3 is 0 Å². The van der Waals surface area contributed by atoms with Gasteiger partial charge in [-0.2, -0.15) is 0 Å². The zero-order valence-electron chi connectivity index (χ0n) is 18.3. The van der Waals surface area contributed by atoms with Gasteiger partial charge in [0.15, 0.2) is 0 Å². The van der Waals surface area contributed by atoms with E-state index in [4.69, 9.17) is 5.73 Å². The van der Waals surface area contributed by atoms with Crippen molar-refractivity contribution in [3.05, 3.63) is 75.7 Å². The maximum atomic E-state index is 13.3. The van der Waals surface area contributed by atoms with Gasteiger partial charge < -0.3 is 15.7 Å². The van der Waals surface area contributed by atoms with E-state index < -0.39 is 0 Å². The number of aliphatic hydroxyl groups excluding tert-OH is 1. The smallest absolute Gasteiger partial charge is 0.224 e. The Labute approximate surface area is 191 Å². The number of rotatable bonds is 8. The van der Waals surface area contributed by atoms with Gasteiger partial charge in [0.2, 0.25) is 11.5 Å². The van der Waals surface area contributed by atoms with Crippen LogP contribution in [-0.2, 0) is 11.3 Å². The highest BCUT2D eigenvalue weighted by molar-refractivity contribution is 8.17. The van der Waals surface area contributed by atoms with Gasteiger partial charge in [-0.15, -0.1) is 0 Å². The summed E-state index contributed by atoms with van der Waals surface area (Å²) in [7, 11) is 0. The van der Waals surface area contributed by atoms with E-state index in [1.807, 2.05) is 37.3 Å². The van der Waals surface area contributed by atoms with E-state index >= 15 is 0 Å². The van der Waals surface area contributed by atoms with E-state index in [0.29, 0.717) is 39.8 Å². The Morgan fingerprint density at radius 3 is 2.59 bits per heavy atom. The molecule has 0 aliphatic carbocycles. The number of benzene rings is 2. The molecule has 0 fully saturated rings. The van der Waals surface area contributed by atoms with Gasteiger partial charge in [-0.25, -0.2) is 9.97 Å². The number of anilines is 1. The van der Waals surface area contributed by atoms with Crippen molar-refractivity contribution in [3.63, 3.8) is 0 Å². The number of nitrogens with zero attached hydrogens (tertiary/aromatic N) is 3. The van der Waals surface area contributed by atoms with Crippen LogP contribution in [0.15, 0.2) is 53.2 Å². The maximum absolute atomic E-state index is 13.3. The summed E-state index contributed by atoms with van der Waals surface area (Å²) in [5, 5.41) is 11.4. The van der Waals surface area contributed by atoms with Gasteiger partial charge in [0, 0.05) is 41.0 Å². The number of amides is 1. The first-order valence-corrected chi connectivity index (χ1v) is 11.0. The highest BCUT2D eigenvalue weighted by atomic mass is 32.2. The Kier molecular flexibility index (Phi) is 7.61. The highest BCUT2D eigenvalue weighted by Gasteiger charge is 2.19. The minimum atomic E-state index is -0.149. The Bertz CT molecular complexity index is 1190. The van der Waals surface area contributed by atoms with Crippen molar-refractivity contribution in [3.8, 4) is 0 Å². The molecule has 2 aromatic carbocycles. The average molecular weight is 451 g/mol. The molecule has 0 aliphatic rings. The number of carbonyl (C=O) groups is 2. The van der Waals surface area contributed by atoms with Gasteiger partial charge in [-0.1, -0.05) is 30.3 Å². The zero-order valence-corrected chi connectivity index (χ0v) is 19.1. The number of thioether (sulfide) groups is 1. The molecule has 0 unspecified atom stereocenters. The lowest BCUT2D eigenvalue weighted by molar-refractivity contribution is -0.116. The zero-order chi connectivity index (χ0) is 23.3. The number of aromatic nitrogens is 2. The standard InChI is InChI=1S/C24H26N4O3S/c1-15-6-4-7-18-8-5-9-20(22(15)18)24(31)32-21(10-11-29)16(2)28(14-30)13-19-12-26-17(3)27-23(19)25/h4-9,12,14,29H,10-11,13H2,1-3H3,(H2,25,26,27)/b21-16-. The van der Waals surface area contributed by atoms with E-state index in [2.05, 4.69) is 9.97 Å². The number of allylic oxidation sites excluding steroid dienone is 1. The number of aliphatic hydroxyl groups is 1. The molecule has 0 radical (unpaired) electrons. The normalized spacial score (nSPS) is 11.9. The summed E-state index contributed by atoms with van der Waals surface area (Å²) in [6, 6.07) is 11.5. The van der Waals surface area contributed by atoms with Crippen LogP contribution in [0.1, 0.15) is 40.7 Å². The van der Waals surface area contributed by atoms with Crippen molar-refractivity contribution >= 4 is 39.9 Å². The van der Waals surface area contributed by atoms with Gasteiger partial charge in [-0.05, 0) is 54.9 Å². The number of carbonyl (C=O) groups excluding carboxylic acids is 2. The molecule has 8 heteroatoms. The summed E-state index contributed by atoms with van der Waals surface area (Å²) in [5.74, 6) is 0.847. The fraction of sp³-hybridized carbons (Fsp3) is 0.250. The molecular formula is C24H26N4O3S. The molecule has 32 heavy (non-hydrogen) atoms. The van der Waals surface area contributed by atoms with E-state index in [9.17, 15) is 14.7 Å². The molecule has 0 saturated carbocycles. The van der Waals surface area contributed by atoms with E-state index in [1.165, 1.54) is 4.90 Å². The Balaban J connectivity index is 1.93. The number of hydrogen-bond acceptors (Lipinski definition) is 7. The molecule has 0 bridgehead atoms. The lowest BCUT2D eigenvalue weighted by atomic mass is 10.0. The SMILES string of the molecule is C/C(=C(\CCO)SC(=O)c1cccc2cccc(C)c12)N(C=O)Cc1cnc(C)nc1N. The first kappa shape index (κ1) is 23.4. The number of nitrogens with two attached hydrogens (primary N) is 1. The summed E-state index contributed by atoms with van der Waals surface area (Å²) in [6.45, 7) is 5.48. The fourth-order valence-corrected chi connectivity index (χ4v) is 4.45. The molecule has 0 aliphatic heterocycles. The first-order chi connectivity index (χ1) is 15.3. The molecule has 0 atom stereocenters. The Morgan fingerprint density at radius 1 is 1.22 bits per heavy atom. The second kappa shape index (κ2) is 10.4. The third-order valence-corrected chi connectivity index (χ3v) is 6.36. The molecule has 1 heterocycles. The minimum absolute atomic E-state index is 0.142. The topological polar surface area (TPSA) is 109 Å². The van der Waals surface area contributed by atoms with Gasteiger partial charge in [-0.3, -0.25) is 9.59 Å². The third kappa shape index (κ3) is 5.15. The van der Waals surface area contributed by atoms with Crippen LogP contribution in [0.4, 0.5) is 5.82 Å². The molecule has 3 aromatic rings. The molecular weight excluding hydrogens is 424 g/mol. The molecule has 0 spiro atoms. The quantitative estimate of drug-likeness (QED) is 0.500. The Hall–Kier alpha value is -3.23. The molecule has 0 saturated heterocycles.